The van der Waals surface area contributed by atoms with Crippen LogP contribution in [0.2, 0.25) is 0 Å². The Kier molecular flexibility index (Phi) is 4.38. The number of carbonyl (C=O) groups excluding carboxylic acids is 3. The number of nitrogens with zero attached hydrogens (tertiary/aromatic N) is 2. The Morgan fingerprint density at radius 3 is 2.52 bits per heavy atom. The molecule has 3 rings (SSSR count). The predicted octanol–water partition coefficient (Wildman–Crippen LogP) is 1.86. The average molecular weight is 338 g/mol. The van der Waals surface area contributed by atoms with E-state index in [1.54, 1.807) is 30.3 Å². The largest absolute Gasteiger partial charge is 0.348 e. The highest BCUT2D eigenvalue weighted by Gasteiger charge is 2.35. The van der Waals surface area contributed by atoms with E-state index in [1.165, 1.54) is 0 Å². The lowest BCUT2D eigenvalue weighted by molar-refractivity contribution is -0.127. The van der Waals surface area contributed by atoms with Crippen LogP contribution in [0.4, 0.5) is 10.5 Å². The van der Waals surface area contributed by atoms with Crippen molar-refractivity contribution in [2.45, 2.75) is 6.92 Å². The van der Waals surface area contributed by atoms with Gasteiger partial charge < -0.3 is 15.2 Å². The van der Waals surface area contributed by atoms with E-state index < -0.39 is 17.8 Å². The topological polar surface area (TPSA) is 83.4 Å². The first-order valence-electron chi connectivity index (χ1n) is 7.77. The molecule has 7 nitrogen and oxygen atoms in total. The van der Waals surface area contributed by atoms with Gasteiger partial charge in [-0.25, -0.2) is 9.69 Å². The first-order chi connectivity index (χ1) is 12.0. The summed E-state index contributed by atoms with van der Waals surface area (Å²) in [5, 5.41) is 5.16. The van der Waals surface area contributed by atoms with Gasteiger partial charge in [0.1, 0.15) is 12.2 Å². The maximum atomic E-state index is 12.4. The Hall–Kier alpha value is -3.35. The van der Waals surface area contributed by atoms with Gasteiger partial charge in [0.25, 0.3) is 5.91 Å². The number of carbonyl (C=O) groups is 3. The number of benzene rings is 1. The zero-order valence-electron chi connectivity index (χ0n) is 13.9. The van der Waals surface area contributed by atoms with Gasteiger partial charge in [0, 0.05) is 24.1 Å². The van der Waals surface area contributed by atoms with Gasteiger partial charge in [0.2, 0.25) is 5.91 Å². The zero-order valence-corrected chi connectivity index (χ0v) is 13.9. The van der Waals surface area contributed by atoms with Crippen molar-refractivity contribution in [3.63, 3.8) is 0 Å². The van der Waals surface area contributed by atoms with Crippen molar-refractivity contribution in [1.82, 2.24) is 14.8 Å². The molecule has 0 radical (unpaired) electrons. The van der Waals surface area contributed by atoms with E-state index in [2.05, 4.69) is 10.6 Å². The first-order valence-corrected chi connectivity index (χ1v) is 7.77. The smallest absolute Gasteiger partial charge is 0.329 e. The molecule has 1 aromatic heterocycles. The molecule has 25 heavy (non-hydrogen) atoms. The van der Waals surface area contributed by atoms with Crippen LogP contribution in [-0.2, 0) is 16.6 Å². The monoisotopic (exact) mass is 338 g/mol. The van der Waals surface area contributed by atoms with E-state index >= 15 is 0 Å². The second kappa shape index (κ2) is 6.64. The van der Waals surface area contributed by atoms with Crippen molar-refractivity contribution in [3.8, 4) is 0 Å². The minimum Gasteiger partial charge on any atom is -0.348 e. The minimum atomic E-state index is -0.606. The van der Waals surface area contributed by atoms with Crippen molar-refractivity contribution < 1.29 is 14.4 Å². The van der Waals surface area contributed by atoms with Gasteiger partial charge in [0.15, 0.2) is 0 Å². The fourth-order valence-corrected chi connectivity index (χ4v) is 2.51. The molecule has 0 unspecified atom stereocenters. The second-order valence-electron chi connectivity index (χ2n) is 5.75. The summed E-state index contributed by atoms with van der Waals surface area (Å²) in [7, 11) is 1.87. The minimum absolute atomic E-state index is 0.152. The van der Waals surface area contributed by atoms with Crippen LogP contribution in [0.3, 0.4) is 0 Å². The summed E-state index contributed by atoms with van der Waals surface area (Å²) in [6.45, 7) is 1.60. The van der Waals surface area contributed by atoms with E-state index in [0.29, 0.717) is 5.69 Å². The molecule has 1 aliphatic heterocycles. The molecule has 1 saturated heterocycles. The van der Waals surface area contributed by atoms with Crippen molar-refractivity contribution in [3.05, 3.63) is 59.5 Å². The summed E-state index contributed by atoms with van der Waals surface area (Å²) in [5.74, 6) is -0.960. The third-order valence-electron chi connectivity index (χ3n) is 4.03. The molecule has 0 aliphatic carbocycles. The number of rotatable bonds is 4. The lowest BCUT2D eigenvalue weighted by atomic mass is 10.3. The molecule has 0 saturated carbocycles. The Bertz CT molecular complexity index is 868. The standard InChI is InChI=1S/C18H18N4O3/c1-12-8-9-14(21(12)2)10-15-17(24)22(18(25)20-15)11-16(23)19-13-6-4-3-5-7-13/h3-10H,11H2,1-2H3,(H,19,23)(H,20,25)/b15-10-. The molecule has 128 valence electrons. The lowest BCUT2D eigenvalue weighted by Crippen LogP contribution is -2.38. The number of amides is 4. The highest BCUT2D eigenvalue weighted by atomic mass is 16.2. The van der Waals surface area contributed by atoms with E-state index in [-0.39, 0.29) is 12.2 Å². The highest BCUT2D eigenvalue weighted by molar-refractivity contribution is 6.15. The number of hydrogen-bond acceptors (Lipinski definition) is 3. The van der Waals surface area contributed by atoms with E-state index in [4.69, 9.17) is 0 Å². The molecule has 2 heterocycles. The molecule has 0 atom stereocenters. The maximum absolute atomic E-state index is 12.4. The summed E-state index contributed by atoms with van der Waals surface area (Å²) in [6.07, 6.45) is 1.60. The molecule has 0 spiro atoms. The summed E-state index contributed by atoms with van der Waals surface area (Å²) >= 11 is 0. The SMILES string of the molecule is Cc1ccc(/C=C2\NC(=O)N(CC(=O)Nc3ccccc3)C2=O)n1C. The molecular formula is C18H18N4O3. The maximum Gasteiger partial charge on any atom is 0.329 e. The van der Waals surface area contributed by atoms with Crippen LogP contribution in [0.5, 0.6) is 0 Å². The Balaban J connectivity index is 1.71. The van der Waals surface area contributed by atoms with Crippen molar-refractivity contribution in [2.24, 2.45) is 7.05 Å². The molecule has 1 fully saturated rings. The van der Waals surface area contributed by atoms with Gasteiger partial charge in [-0.05, 0) is 37.3 Å². The Labute approximate surface area is 144 Å². The molecule has 0 bridgehead atoms. The van der Waals surface area contributed by atoms with Crippen LogP contribution < -0.4 is 10.6 Å². The zero-order chi connectivity index (χ0) is 18.0. The molecule has 2 N–H and O–H groups in total. The first kappa shape index (κ1) is 16.5. The number of aryl methyl sites for hydroxylation is 1. The number of urea groups is 1. The van der Waals surface area contributed by atoms with Crippen LogP contribution in [0.15, 0.2) is 48.2 Å². The number of anilines is 1. The third-order valence-corrected chi connectivity index (χ3v) is 4.03. The highest BCUT2D eigenvalue weighted by Crippen LogP contribution is 2.16. The van der Waals surface area contributed by atoms with Crippen LogP contribution >= 0.6 is 0 Å². The van der Waals surface area contributed by atoms with Gasteiger partial charge in [0.05, 0.1) is 0 Å². The lowest BCUT2D eigenvalue weighted by Gasteiger charge is -2.11. The molecule has 2 aromatic rings. The molecule has 1 aromatic carbocycles. The van der Waals surface area contributed by atoms with Crippen LogP contribution in [0.1, 0.15) is 11.4 Å². The second-order valence-corrected chi connectivity index (χ2v) is 5.75. The number of aromatic nitrogens is 1. The number of hydrogen-bond donors (Lipinski definition) is 2. The van der Waals surface area contributed by atoms with Gasteiger partial charge in [-0.3, -0.25) is 9.59 Å². The van der Waals surface area contributed by atoms with Crippen LogP contribution in [-0.4, -0.2) is 33.9 Å². The Morgan fingerprint density at radius 2 is 1.88 bits per heavy atom. The molecule has 7 heteroatoms. The number of imide groups is 1. The van der Waals surface area contributed by atoms with Gasteiger partial charge in [-0.2, -0.15) is 0 Å². The Morgan fingerprint density at radius 1 is 1.16 bits per heavy atom. The molecular weight excluding hydrogens is 320 g/mol. The van der Waals surface area contributed by atoms with E-state index in [1.807, 2.05) is 36.7 Å². The fraction of sp³-hybridized carbons (Fsp3) is 0.167. The van der Waals surface area contributed by atoms with E-state index in [0.717, 1.165) is 16.3 Å². The molecule has 1 aliphatic rings. The molecule has 4 amide bonds. The van der Waals surface area contributed by atoms with Crippen molar-refractivity contribution >= 4 is 29.6 Å². The average Bonchev–Trinajstić information content (AvgIpc) is 3.04. The van der Waals surface area contributed by atoms with Crippen LogP contribution in [0, 0.1) is 6.92 Å². The number of para-hydroxylation sites is 1. The predicted molar refractivity (Wildman–Crippen MR) is 93.4 cm³/mol. The summed E-state index contributed by atoms with van der Waals surface area (Å²) in [6, 6.07) is 12.0. The van der Waals surface area contributed by atoms with E-state index in [9.17, 15) is 14.4 Å². The third kappa shape index (κ3) is 3.45. The van der Waals surface area contributed by atoms with Crippen molar-refractivity contribution in [2.75, 3.05) is 11.9 Å². The van der Waals surface area contributed by atoms with Crippen LogP contribution in [0.25, 0.3) is 6.08 Å². The van der Waals surface area contributed by atoms with Gasteiger partial charge in [-0.15, -0.1) is 0 Å². The summed E-state index contributed by atoms with van der Waals surface area (Å²) in [5.41, 5.74) is 2.58. The summed E-state index contributed by atoms with van der Waals surface area (Å²) < 4.78 is 1.90. The normalized spacial score (nSPS) is 15.6. The number of nitrogens with one attached hydrogen (secondary N) is 2. The quantitative estimate of drug-likeness (QED) is 0.659. The van der Waals surface area contributed by atoms with Gasteiger partial charge >= 0.3 is 6.03 Å². The van der Waals surface area contributed by atoms with Crippen molar-refractivity contribution in [1.29, 1.82) is 0 Å². The van der Waals surface area contributed by atoms with Gasteiger partial charge in [-0.1, -0.05) is 18.2 Å². The summed E-state index contributed by atoms with van der Waals surface area (Å²) in [4.78, 5) is 37.4. The fourth-order valence-electron chi connectivity index (χ4n) is 2.51.